The minimum absolute atomic E-state index is 0.495. The molecule has 0 amide bonds. The van der Waals surface area contributed by atoms with Crippen LogP contribution >= 0.6 is 22.9 Å². The number of hydrazone groups is 1. The number of fused-ring (bicyclic) bond motifs is 1. The summed E-state index contributed by atoms with van der Waals surface area (Å²) in [5.41, 5.74) is 4.98. The maximum atomic E-state index is 6.40. The van der Waals surface area contributed by atoms with Crippen LogP contribution in [0.25, 0.3) is 10.2 Å². The molecule has 0 saturated carbocycles. The van der Waals surface area contributed by atoms with Gasteiger partial charge < -0.3 is 9.47 Å². The lowest BCUT2D eigenvalue weighted by molar-refractivity contribution is 0.277. The van der Waals surface area contributed by atoms with Gasteiger partial charge in [0, 0.05) is 4.88 Å². The lowest BCUT2D eigenvalue weighted by atomic mass is 10.2. The summed E-state index contributed by atoms with van der Waals surface area (Å²) >= 11 is 8.05. The van der Waals surface area contributed by atoms with Crippen molar-refractivity contribution >= 4 is 45.2 Å². The number of aryl methyl sites for hydroxylation is 2. The third kappa shape index (κ3) is 4.36. The van der Waals surface area contributed by atoms with Crippen molar-refractivity contribution in [3.05, 3.63) is 39.5 Å². The SMILES string of the molecule is CCCOc1c(Cl)cc(/C=N\Nc2ncnc3sc(C)c(C)c23)cc1OCC. The minimum Gasteiger partial charge on any atom is -0.490 e. The molecule has 0 aliphatic rings. The first-order valence-corrected chi connectivity index (χ1v) is 10.3. The number of nitrogens with one attached hydrogen (secondary N) is 1. The average Bonchev–Trinajstić information content (AvgIpc) is 2.96. The van der Waals surface area contributed by atoms with Gasteiger partial charge in [0.05, 0.1) is 29.8 Å². The lowest BCUT2D eigenvalue weighted by Crippen LogP contribution is -2.02. The molecule has 0 radical (unpaired) electrons. The Morgan fingerprint density at radius 3 is 2.79 bits per heavy atom. The molecule has 2 heterocycles. The molecule has 3 aromatic rings. The molecule has 0 fully saturated rings. The van der Waals surface area contributed by atoms with Crippen molar-refractivity contribution in [2.24, 2.45) is 5.10 Å². The highest BCUT2D eigenvalue weighted by Gasteiger charge is 2.13. The molecule has 6 nitrogen and oxygen atoms in total. The van der Waals surface area contributed by atoms with Gasteiger partial charge in [0.1, 0.15) is 11.2 Å². The second-order valence-corrected chi connectivity index (χ2v) is 7.78. The number of aromatic nitrogens is 2. The van der Waals surface area contributed by atoms with E-state index in [0.29, 0.717) is 35.6 Å². The van der Waals surface area contributed by atoms with Crippen LogP contribution in [0.4, 0.5) is 5.82 Å². The van der Waals surface area contributed by atoms with Gasteiger partial charge >= 0.3 is 0 Å². The van der Waals surface area contributed by atoms with Gasteiger partial charge in [0.15, 0.2) is 17.3 Å². The number of anilines is 1. The molecule has 8 heteroatoms. The first-order valence-electron chi connectivity index (χ1n) is 9.14. The van der Waals surface area contributed by atoms with Gasteiger partial charge in [-0.05, 0) is 50.5 Å². The molecule has 3 rings (SSSR count). The van der Waals surface area contributed by atoms with Gasteiger partial charge in [-0.25, -0.2) is 9.97 Å². The van der Waals surface area contributed by atoms with Crippen LogP contribution in [0.5, 0.6) is 11.5 Å². The summed E-state index contributed by atoms with van der Waals surface area (Å²) in [6.45, 7) is 9.21. The van der Waals surface area contributed by atoms with E-state index in [1.165, 1.54) is 4.88 Å². The number of nitrogens with zero attached hydrogens (tertiary/aromatic N) is 3. The van der Waals surface area contributed by atoms with E-state index in [1.807, 2.05) is 19.9 Å². The van der Waals surface area contributed by atoms with Gasteiger partial charge in [0.2, 0.25) is 0 Å². The quantitative estimate of drug-likeness (QED) is 0.381. The average molecular weight is 419 g/mol. The second-order valence-electron chi connectivity index (χ2n) is 6.17. The molecule has 28 heavy (non-hydrogen) atoms. The van der Waals surface area contributed by atoms with Crippen LogP contribution in [0.3, 0.4) is 0 Å². The van der Waals surface area contributed by atoms with Gasteiger partial charge in [-0.3, -0.25) is 5.43 Å². The Morgan fingerprint density at radius 2 is 2.04 bits per heavy atom. The zero-order valence-electron chi connectivity index (χ0n) is 16.4. The van der Waals surface area contributed by atoms with E-state index in [2.05, 4.69) is 34.3 Å². The molecule has 2 aromatic heterocycles. The van der Waals surface area contributed by atoms with Crippen LogP contribution in [-0.2, 0) is 0 Å². The van der Waals surface area contributed by atoms with Crippen LogP contribution in [0.15, 0.2) is 23.6 Å². The van der Waals surface area contributed by atoms with E-state index in [-0.39, 0.29) is 0 Å². The number of hydrogen-bond acceptors (Lipinski definition) is 7. The van der Waals surface area contributed by atoms with Crippen molar-refractivity contribution in [2.75, 3.05) is 18.6 Å². The highest BCUT2D eigenvalue weighted by atomic mass is 35.5. The van der Waals surface area contributed by atoms with E-state index < -0.39 is 0 Å². The third-order valence-corrected chi connectivity index (χ3v) is 5.53. The number of benzene rings is 1. The van der Waals surface area contributed by atoms with E-state index in [9.17, 15) is 0 Å². The molecule has 1 aromatic carbocycles. The highest BCUT2D eigenvalue weighted by Crippen LogP contribution is 2.36. The van der Waals surface area contributed by atoms with Gasteiger partial charge in [-0.15, -0.1) is 11.3 Å². The van der Waals surface area contributed by atoms with Crippen molar-refractivity contribution in [3.8, 4) is 11.5 Å². The fraction of sp³-hybridized carbons (Fsp3) is 0.350. The molecule has 148 valence electrons. The molecule has 0 unspecified atom stereocenters. The standard InChI is InChI=1S/C20H23ClN4O2S/c1-5-7-27-18-15(21)8-14(9-16(18)26-6-2)10-24-25-19-17-12(3)13(4)28-20(17)23-11-22-19/h8-11H,5-7H2,1-4H3,(H,22,23,25)/b24-10-. The van der Waals surface area contributed by atoms with Gasteiger partial charge in [-0.1, -0.05) is 18.5 Å². The van der Waals surface area contributed by atoms with Crippen molar-refractivity contribution in [1.29, 1.82) is 0 Å². The van der Waals surface area contributed by atoms with Crippen LogP contribution in [0.2, 0.25) is 5.02 Å². The second kappa shape index (κ2) is 9.21. The Kier molecular flexibility index (Phi) is 6.70. The van der Waals surface area contributed by atoms with Crippen LogP contribution in [0.1, 0.15) is 36.3 Å². The van der Waals surface area contributed by atoms with Crippen molar-refractivity contribution in [3.63, 3.8) is 0 Å². The number of hydrogen-bond donors (Lipinski definition) is 1. The van der Waals surface area contributed by atoms with E-state index in [0.717, 1.165) is 27.8 Å². The Labute approximate surface area is 173 Å². The lowest BCUT2D eigenvalue weighted by Gasteiger charge is -2.13. The summed E-state index contributed by atoms with van der Waals surface area (Å²) < 4.78 is 11.4. The summed E-state index contributed by atoms with van der Waals surface area (Å²) in [6, 6.07) is 3.66. The molecular weight excluding hydrogens is 396 g/mol. The van der Waals surface area contributed by atoms with E-state index in [1.54, 1.807) is 29.9 Å². The fourth-order valence-corrected chi connectivity index (χ4v) is 3.98. The van der Waals surface area contributed by atoms with Crippen molar-refractivity contribution in [2.45, 2.75) is 34.1 Å². The number of halogens is 1. The maximum absolute atomic E-state index is 6.40. The summed E-state index contributed by atoms with van der Waals surface area (Å²) in [6.07, 6.45) is 4.11. The predicted molar refractivity (Wildman–Crippen MR) is 117 cm³/mol. The molecule has 0 spiro atoms. The monoisotopic (exact) mass is 418 g/mol. The smallest absolute Gasteiger partial charge is 0.179 e. The maximum Gasteiger partial charge on any atom is 0.179 e. The van der Waals surface area contributed by atoms with Crippen molar-refractivity contribution in [1.82, 2.24) is 9.97 Å². The zero-order valence-corrected chi connectivity index (χ0v) is 17.9. The summed E-state index contributed by atoms with van der Waals surface area (Å²) in [4.78, 5) is 10.8. The predicted octanol–water partition coefficient (Wildman–Crippen LogP) is 5.60. The molecule has 0 aliphatic carbocycles. The highest BCUT2D eigenvalue weighted by molar-refractivity contribution is 7.18. The van der Waals surface area contributed by atoms with Gasteiger partial charge in [-0.2, -0.15) is 5.10 Å². The molecule has 0 saturated heterocycles. The molecule has 0 bridgehead atoms. The summed E-state index contributed by atoms with van der Waals surface area (Å²) in [5, 5.41) is 5.82. The van der Waals surface area contributed by atoms with Crippen LogP contribution < -0.4 is 14.9 Å². The summed E-state index contributed by atoms with van der Waals surface area (Å²) in [7, 11) is 0. The van der Waals surface area contributed by atoms with Crippen molar-refractivity contribution < 1.29 is 9.47 Å². The topological polar surface area (TPSA) is 68.6 Å². The molecule has 0 aliphatic heterocycles. The summed E-state index contributed by atoms with van der Waals surface area (Å²) in [5.74, 6) is 1.86. The van der Waals surface area contributed by atoms with E-state index >= 15 is 0 Å². The first kappa shape index (κ1) is 20.4. The molecular formula is C20H23ClN4O2S. The third-order valence-electron chi connectivity index (χ3n) is 4.13. The Bertz CT molecular complexity index is 1000. The van der Waals surface area contributed by atoms with Crippen LogP contribution in [0, 0.1) is 13.8 Å². The van der Waals surface area contributed by atoms with Gasteiger partial charge in [0.25, 0.3) is 0 Å². The normalized spacial score (nSPS) is 11.3. The first-order chi connectivity index (χ1) is 13.5. The molecule has 1 N–H and O–H groups in total. The van der Waals surface area contributed by atoms with E-state index in [4.69, 9.17) is 21.1 Å². The van der Waals surface area contributed by atoms with Crippen LogP contribution in [-0.4, -0.2) is 29.4 Å². The Hall–Kier alpha value is -2.38. The zero-order chi connectivity index (χ0) is 20.1. The largest absolute Gasteiger partial charge is 0.490 e. The number of thiophene rings is 1. The minimum atomic E-state index is 0.495. The fourth-order valence-electron chi connectivity index (χ4n) is 2.70. The number of ether oxygens (including phenoxy) is 2. The Balaban J connectivity index is 1.85. The Morgan fingerprint density at radius 1 is 1.21 bits per heavy atom. The number of rotatable bonds is 8. The molecule has 0 atom stereocenters.